The Kier molecular flexibility index (Phi) is 3.85. The third-order valence-corrected chi connectivity index (χ3v) is 4.87. The van der Waals surface area contributed by atoms with E-state index in [1.54, 1.807) is 16.7 Å². The molecular weight excluding hydrogens is 268 g/mol. The fourth-order valence-corrected chi connectivity index (χ4v) is 3.50. The molecule has 0 aromatic carbocycles. The quantitative estimate of drug-likeness (QED) is 0.708. The van der Waals surface area contributed by atoms with E-state index in [4.69, 9.17) is 0 Å². The van der Waals surface area contributed by atoms with Crippen molar-refractivity contribution in [1.82, 2.24) is 9.80 Å². The van der Waals surface area contributed by atoms with Crippen LogP contribution in [0, 0.1) is 0 Å². The van der Waals surface area contributed by atoms with Gasteiger partial charge in [-0.25, -0.2) is 8.42 Å². The lowest BCUT2D eigenvalue weighted by Gasteiger charge is -2.40. The maximum atomic E-state index is 12.3. The van der Waals surface area contributed by atoms with Crippen LogP contribution in [0.25, 0.3) is 0 Å². The van der Waals surface area contributed by atoms with Crippen molar-refractivity contribution in [2.45, 2.75) is 38.3 Å². The van der Waals surface area contributed by atoms with Crippen LogP contribution in [0.4, 0.5) is 0 Å². The van der Waals surface area contributed by atoms with Gasteiger partial charge in [-0.1, -0.05) is 0 Å². The Bertz CT molecular complexity index is 488. The third-order valence-electron chi connectivity index (χ3n) is 3.84. The Balaban J connectivity index is 2.03. The van der Waals surface area contributed by atoms with Crippen molar-refractivity contribution in [1.29, 1.82) is 0 Å². The van der Waals surface area contributed by atoms with E-state index in [2.05, 4.69) is 0 Å². The van der Waals surface area contributed by atoms with Crippen LogP contribution >= 0.6 is 0 Å². The number of hydrogen-bond acceptors (Lipinski definition) is 4. The highest BCUT2D eigenvalue weighted by Crippen LogP contribution is 2.26. The zero-order valence-electron chi connectivity index (χ0n) is 11.3. The average Bonchev–Trinajstić information content (AvgIpc) is 2.78. The fraction of sp³-hybridized carbons (Fsp3) is 0.833. The number of carbonyl (C=O) groups is 2. The van der Waals surface area contributed by atoms with E-state index in [0.717, 1.165) is 12.8 Å². The largest absolute Gasteiger partial charge is 0.329 e. The van der Waals surface area contributed by atoms with Crippen molar-refractivity contribution >= 4 is 21.7 Å². The summed E-state index contributed by atoms with van der Waals surface area (Å²) in [6.07, 6.45) is 3.15. The minimum absolute atomic E-state index is 0.0125. The summed E-state index contributed by atoms with van der Waals surface area (Å²) in [4.78, 5) is 27.6. The summed E-state index contributed by atoms with van der Waals surface area (Å²) >= 11 is 0. The van der Waals surface area contributed by atoms with Gasteiger partial charge in [-0.2, -0.15) is 0 Å². The third kappa shape index (κ3) is 2.91. The lowest BCUT2D eigenvalue weighted by Crippen LogP contribution is -2.61. The first-order chi connectivity index (χ1) is 8.81. The topological polar surface area (TPSA) is 74.8 Å². The van der Waals surface area contributed by atoms with Crippen molar-refractivity contribution in [2.24, 2.45) is 0 Å². The standard InChI is InChI=1S/C12H20N2O4S/c1-9-11(15)14-6-3-5-10(14)12(16)13(9)7-4-8-19(2,17)18/h9-10H,3-8H2,1-2H3. The van der Waals surface area contributed by atoms with Crippen LogP contribution in [0.3, 0.4) is 0 Å². The van der Waals surface area contributed by atoms with Crippen molar-refractivity contribution in [3.8, 4) is 0 Å². The summed E-state index contributed by atoms with van der Waals surface area (Å²) in [6, 6.07) is -0.789. The molecule has 2 heterocycles. The van der Waals surface area contributed by atoms with E-state index in [0.29, 0.717) is 19.5 Å². The second kappa shape index (κ2) is 5.11. The van der Waals surface area contributed by atoms with Crippen LogP contribution in [-0.4, -0.2) is 67.2 Å². The Morgan fingerprint density at radius 3 is 2.58 bits per heavy atom. The van der Waals surface area contributed by atoms with Gasteiger partial charge < -0.3 is 9.80 Å². The molecule has 2 atom stereocenters. The lowest BCUT2D eigenvalue weighted by atomic mass is 10.1. The number of hydrogen-bond donors (Lipinski definition) is 0. The van der Waals surface area contributed by atoms with E-state index >= 15 is 0 Å². The molecule has 108 valence electrons. The molecule has 2 fully saturated rings. The molecule has 2 aliphatic heterocycles. The maximum absolute atomic E-state index is 12.3. The van der Waals surface area contributed by atoms with Gasteiger partial charge in [0.15, 0.2) is 0 Å². The fourth-order valence-electron chi connectivity index (χ4n) is 2.84. The molecule has 2 amide bonds. The van der Waals surface area contributed by atoms with Crippen molar-refractivity contribution in [3.63, 3.8) is 0 Å². The first-order valence-electron chi connectivity index (χ1n) is 6.60. The van der Waals surface area contributed by atoms with Gasteiger partial charge in [0.05, 0.1) is 5.75 Å². The van der Waals surface area contributed by atoms with E-state index < -0.39 is 15.9 Å². The van der Waals surface area contributed by atoms with Crippen molar-refractivity contribution < 1.29 is 18.0 Å². The normalized spacial score (nSPS) is 27.9. The first kappa shape index (κ1) is 14.3. The molecule has 2 aliphatic rings. The van der Waals surface area contributed by atoms with Gasteiger partial charge in [-0.15, -0.1) is 0 Å². The number of amides is 2. The lowest BCUT2D eigenvalue weighted by molar-refractivity contribution is -0.158. The number of carbonyl (C=O) groups excluding carboxylic acids is 2. The highest BCUT2D eigenvalue weighted by molar-refractivity contribution is 7.90. The minimum Gasteiger partial charge on any atom is -0.329 e. The van der Waals surface area contributed by atoms with E-state index in [1.807, 2.05) is 0 Å². The van der Waals surface area contributed by atoms with Gasteiger partial charge in [0.2, 0.25) is 11.8 Å². The van der Waals surface area contributed by atoms with Crippen LogP contribution in [-0.2, 0) is 19.4 Å². The molecule has 0 aromatic heterocycles. The van der Waals surface area contributed by atoms with Gasteiger partial charge in [0, 0.05) is 19.3 Å². The highest BCUT2D eigenvalue weighted by Gasteiger charge is 2.45. The Hall–Kier alpha value is -1.11. The molecule has 0 radical (unpaired) electrons. The molecule has 0 aliphatic carbocycles. The molecule has 0 N–H and O–H groups in total. The number of fused-ring (bicyclic) bond motifs is 1. The molecule has 7 heteroatoms. The average molecular weight is 288 g/mol. The number of piperazine rings is 1. The number of rotatable bonds is 4. The Morgan fingerprint density at radius 1 is 1.26 bits per heavy atom. The molecule has 2 unspecified atom stereocenters. The first-order valence-corrected chi connectivity index (χ1v) is 8.66. The molecule has 0 saturated carbocycles. The Labute approximate surface area is 113 Å². The van der Waals surface area contributed by atoms with E-state index in [-0.39, 0.29) is 23.6 Å². The summed E-state index contributed by atoms with van der Waals surface area (Å²) in [5.74, 6) is 0.00561. The maximum Gasteiger partial charge on any atom is 0.246 e. The predicted molar refractivity (Wildman–Crippen MR) is 70.2 cm³/mol. The van der Waals surface area contributed by atoms with Gasteiger partial charge in [0.1, 0.15) is 21.9 Å². The zero-order chi connectivity index (χ0) is 14.2. The van der Waals surface area contributed by atoms with E-state index in [9.17, 15) is 18.0 Å². The van der Waals surface area contributed by atoms with Gasteiger partial charge in [0.25, 0.3) is 0 Å². The minimum atomic E-state index is -3.02. The van der Waals surface area contributed by atoms with E-state index in [1.165, 1.54) is 6.26 Å². The summed E-state index contributed by atoms with van der Waals surface area (Å²) in [5, 5.41) is 0. The second-order valence-electron chi connectivity index (χ2n) is 5.38. The number of nitrogens with zero attached hydrogens (tertiary/aromatic N) is 2. The molecule has 0 aromatic rings. The molecule has 2 rings (SSSR count). The molecule has 0 bridgehead atoms. The summed E-state index contributed by atoms with van der Waals surface area (Å²) in [7, 11) is -3.02. The summed E-state index contributed by atoms with van der Waals surface area (Å²) in [5.41, 5.74) is 0. The van der Waals surface area contributed by atoms with Crippen LogP contribution in [0.5, 0.6) is 0 Å². The molecular formula is C12H20N2O4S. The van der Waals surface area contributed by atoms with Gasteiger partial charge in [-0.3, -0.25) is 9.59 Å². The number of sulfone groups is 1. The van der Waals surface area contributed by atoms with Crippen LogP contribution in [0.2, 0.25) is 0 Å². The Morgan fingerprint density at radius 2 is 1.95 bits per heavy atom. The van der Waals surface area contributed by atoms with Crippen LogP contribution < -0.4 is 0 Å². The second-order valence-corrected chi connectivity index (χ2v) is 7.64. The van der Waals surface area contributed by atoms with Gasteiger partial charge in [-0.05, 0) is 26.2 Å². The highest BCUT2D eigenvalue weighted by atomic mass is 32.2. The van der Waals surface area contributed by atoms with Gasteiger partial charge >= 0.3 is 0 Å². The zero-order valence-corrected chi connectivity index (χ0v) is 12.1. The molecule has 19 heavy (non-hydrogen) atoms. The molecule has 6 nitrogen and oxygen atoms in total. The summed E-state index contributed by atoms with van der Waals surface area (Å²) < 4.78 is 22.2. The van der Waals surface area contributed by atoms with Crippen molar-refractivity contribution in [3.05, 3.63) is 0 Å². The predicted octanol–water partition coefficient (Wildman–Crippen LogP) is -0.357. The molecule has 0 spiro atoms. The molecule has 2 saturated heterocycles. The van der Waals surface area contributed by atoms with Crippen LogP contribution in [0.15, 0.2) is 0 Å². The van der Waals surface area contributed by atoms with Crippen LogP contribution in [0.1, 0.15) is 26.2 Å². The summed E-state index contributed by atoms with van der Waals surface area (Å²) in [6.45, 7) is 2.72. The monoisotopic (exact) mass is 288 g/mol. The SMILES string of the molecule is CC1C(=O)N2CCCC2C(=O)N1CCCS(C)(=O)=O. The smallest absolute Gasteiger partial charge is 0.246 e. The van der Waals surface area contributed by atoms with Crippen molar-refractivity contribution in [2.75, 3.05) is 25.1 Å².